The van der Waals surface area contributed by atoms with Crippen LogP contribution in [0.15, 0.2) is 86.9 Å². The lowest BCUT2D eigenvalue weighted by atomic mass is 9.94. The van der Waals surface area contributed by atoms with Crippen LogP contribution in [0, 0.1) is 6.92 Å². The maximum absolute atomic E-state index is 14.3. The van der Waals surface area contributed by atoms with Crippen molar-refractivity contribution in [2.75, 3.05) is 6.61 Å². The third kappa shape index (κ3) is 6.83. The molecule has 1 saturated heterocycles. The van der Waals surface area contributed by atoms with Gasteiger partial charge in [0.15, 0.2) is 5.82 Å². The third-order valence-electron chi connectivity index (χ3n) is 8.28. The summed E-state index contributed by atoms with van der Waals surface area (Å²) in [7, 11) is 0. The summed E-state index contributed by atoms with van der Waals surface area (Å²) >= 11 is 0. The Morgan fingerprint density at radius 3 is 2.53 bits per heavy atom. The van der Waals surface area contributed by atoms with Gasteiger partial charge in [-0.15, -0.1) is 0 Å². The molecule has 0 bridgehead atoms. The molecule has 9 heteroatoms. The molecule has 2 aromatic heterocycles. The molecule has 5 aromatic rings. The van der Waals surface area contributed by atoms with E-state index in [1.54, 1.807) is 4.57 Å². The second-order valence-corrected chi connectivity index (χ2v) is 11.6. The van der Waals surface area contributed by atoms with Crippen molar-refractivity contribution in [2.45, 2.75) is 71.5 Å². The Morgan fingerprint density at radius 2 is 1.82 bits per heavy atom. The van der Waals surface area contributed by atoms with Crippen LogP contribution in [0.5, 0.6) is 5.75 Å². The van der Waals surface area contributed by atoms with Gasteiger partial charge < -0.3 is 9.47 Å². The van der Waals surface area contributed by atoms with E-state index in [0.717, 1.165) is 65.1 Å². The minimum atomic E-state index is -0.624. The second kappa shape index (κ2) is 13.5. The zero-order chi connectivity index (χ0) is 31.3. The molecule has 1 fully saturated rings. The maximum atomic E-state index is 14.3. The number of hydrogen-bond acceptors (Lipinski definition) is 7. The van der Waals surface area contributed by atoms with E-state index in [1.807, 2.05) is 79.7 Å². The zero-order valence-electron chi connectivity index (χ0n) is 25.9. The van der Waals surface area contributed by atoms with Gasteiger partial charge in [-0.2, -0.15) is 0 Å². The summed E-state index contributed by atoms with van der Waals surface area (Å²) in [6.45, 7) is 6.77. The molecule has 0 amide bonds. The number of aromatic nitrogens is 4. The topological polar surface area (TPSA) is 112 Å². The van der Waals surface area contributed by atoms with Crippen LogP contribution in [0.4, 0.5) is 0 Å². The first-order chi connectivity index (χ1) is 21.9. The van der Waals surface area contributed by atoms with Crippen LogP contribution in [-0.2, 0) is 17.6 Å². The first kappa shape index (κ1) is 30.3. The van der Waals surface area contributed by atoms with Crippen LogP contribution >= 0.6 is 0 Å². The third-order valence-corrected chi connectivity index (χ3v) is 8.28. The number of aromatic amines is 1. The number of unbranched alkanes of at least 4 members (excludes halogenated alkanes) is 1. The molecule has 3 aromatic carbocycles. The van der Waals surface area contributed by atoms with Crippen molar-refractivity contribution < 1.29 is 14.0 Å². The summed E-state index contributed by atoms with van der Waals surface area (Å²) < 4.78 is 18.4. The molecular formula is C36H38N4O5. The molecule has 45 heavy (non-hydrogen) atoms. The molecule has 2 unspecified atom stereocenters. The highest BCUT2D eigenvalue weighted by Crippen LogP contribution is 2.32. The van der Waals surface area contributed by atoms with Gasteiger partial charge in [-0.1, -0.05) is 61.0 Å². The van der Waals surface area contributed by atoms with Gasteiger partial charge in [-0.25, -0.2) is 9.78 Å². The number of aryl methyl sites for hydroxylation is 2. The summed E-state index contributed by atoms with van der Waals surface area (Å²) in [4.78, 5) is 33.8. The first-order valence-corrected chi connectivity index (χ1v) is 15.6. The monoisotopic (exact) mass is 606 g/mol. The minimum absolute atomic E-state index is 0.0935. The summed E-state index contributed by atoms with van der Waals surface area (Å²) in [6, 6.07) is 23.5. The normalized spacial score (nSPS) is 16.5. The Morgan fingerprint density at radius 1 is 1.02 bits per heavy atom. The molecule has 6 rings (SSSR count). The van der Waals surface area contributed by atoms with Crippen molar-refractivity contribution in [1.29, 1.82) is 0 Å². The van der Waals surface area contributed by atoms with Gasteiger partial charge in [0, 0.05) is 30.4 Å². The molecular weight excluding hydrogens is 568 g/mol. The number of ether oxygens (including phenoxy) is 2. The number of H-pyrrole nitrogens is 1. The highest BCUT2D eigenvalue weighted by Gasteiger charge is 2.22. The highest BCUT2D eigenvalue weighted by atomic mass is 16.5. The summed E-state index contributed by atoms with van der Waals surface area (Å²) in [5.74, 6) is 1.12. The summed E-state index contributed by atoms with van der Waals surface area (Å²) in [6.07, 6.45) is 5.02. The van der Waals surface area contributed by atoms with E-state index < -0.39 is 5.76 Å². The molecule has 0 saturated carbocycles. The van der Waals surface area contributed by atoms with E-state index >= 15 is 0 Å². The van der Waals surface area contributed by atoms with E-state index in [0.29, 0.717) is 36.7 Å². The van der Waals surface area contributed by atoms with Gasteiger partial charge in [0.25, 0.3) is 5.56 Å². The average molecular weight is 607 g/mol. The number of hydrogen-bond donors (Lipinski definition) is 1. The molecule has 0 radical (unpaired) electrons. The summed E-state index contributed by atoms with van der Waals surface area (Å²) in [5, 5.41) is 3.97. The largest absolute Gasteiger partial charge is 0.490 e. The lowest BCUT2D eigenvalue weighted by Crippen LogP contribution is -2.31. The fraction of sp³-hybridized carbons (Fsp3) is 0.333. The van der Waals surface area contributed by atoms with E-state index in [4.69, 9.17) is 19.0 Å². The number of rotatable bonds is 10. The van der Waals surface area contributed by atoms with Gasteiger partial charge >= 0.3 is 5.76 Å². The van der Waals surface area contributed by atoms with Crippen molar-refractivity contribution in [3.8, 4) is 34.0 Å². The second-order valence-electron chi connectivity index (χ2n) is 11.6. The molecule has 0 spiro atoms. The first-order valence-electron chi connectivity index (χ1n) is 15.6. The van der Waals surface area contributed by atoms with Gasteiger partial charge in [0.05, 0.1) is 24.1 Å². The Hall–Kier alpha value is -4.76. The molecule has 9 nitrogen and oxygen atoms in total. The number of nitrogens with one attached hydrogen (secondary N) is 1. The molecule has 232 valence electrons. The van der Waals surface area contributed by atoms with Crippen LogP contribution in [0.3, 0.4) is 0 Å². The number of benzene rings is 3. The van der Waals surface area contributed by atoms with Crippen LogP contribution in [0.25, 0.3) is 28.2 Å². The van der Waals surface area contributed by atoms with Gasteiger partial charge in [0.2, 0.25) is 0 Å². The zero-order valence-corrected chi connectivity index (χ0v) is 25.9. The predicted molar refractivity (Wildman–Crippen MR) is 173 cm³/mol. The van der Waals surface area contributed by atoms with Crippen molar-refractivity contribution in [3.63, 3.8) is 0 Å². The van der Waals surface area contributed by atoms with E-state index in [1.165, 1.54) is 0 Å². The lowest BCUT2D eigenvalue weighted by Gasteiger charge is -2.27. The molecule has 1 aliphatic heterocycles. The van der Waals surface area contributed by atoms with E-state index in [9.17, 15) is 9.59 Å². The minimum Gasteiger partial charge on any atom is -0.490 e. The standard InChI is InChI=1S/C36H38N4O5/c1-4-5-11-33-32(22-25-12-17-30(26-9-7-6-8-10-26)31(21-25)34-38-36(42)45-39-34)35(41)40(24(3)37-33)27-13-15-28(16-14-27)44-29-18-19-43-23(2)20-29/h6-10,12-17,21,23,29H,4-5,11,18-20,22H2,1-3H3,(H,38,39,42). The smallest absolute Gasteiger partial charge is 0.439 e. The Bertz CT molecular complexity index is 1870. The molecule has 3 heterocycles. The lowest BCUT2D eigenvalue weighted by molar-refractivity contribution is -0.0251. The Balaban J connectivity index is 1.36. The quantitative estimate of drug-likeness (QED) is 0.195. The van der Waals surface area contributed by atoms with Crippen LogP contribution < -0.4 is 16.1 Å². The van der Waals surface area contributed by atoms with Crippen LogP contribution in [0.2, 0.25) is 0 Å². The van der Waals surface area contributed by atoms with Crippen molar-refractivity contribution >= 4 is 0 Å². The van der Waals surface area contributed by atoms with E-state index in [-0.39, 0.29) is 17.8 Å². The Kier molecular flexibility index (Phi) is 9.07. The van der Waals surface area contributed by atoms with Gasteiger partial charge in [-0.3, -0.25) is 18.9 Å². The molecule has 1 N–H and O–H groups in total. The average Bonchev–Trinajstić information content (AvgIpc) is 3.49. The fourth-order valence-corrected chi connectivity index (χ4v) is 6.00. The van der Waals surface area contributed by atoms with Crippen molar-refractivity contribution in [2.24, 2.45) is 0 Å². The highest BCUT2D eigenvalue weighted by molar-refractivity contribution is 5.81. The molecule has 1 aliphatic rings. The number of nitrogens with zero attached hydrogens (tertiary/aromatic N) is 3. The maximum Gasteiger partial charge on any atom is 0.439 e. The Labute approximate surface area is 261 Å². The molecule has 2 atom stereocenters. The van der Waals surface area contributed by atoms with Gasteiger partial charge in [0.1, 0.15) is 17.7 Å². The summed E-state index contributed by atoms with van der Waals surface area (Å²) in [5.41, 5.74) is 5.59. The van der Waals surface area contributed by atoms with Crippen LogP contribution in [-0.4, -0.2) is 38.5 Å². The van der Waals surface area contributed by atoms with Crippen molar-refractivity contribution in [1.82, 2.24) is 19.7 Å². The van der Waals surface area contributed by atoms with Gasteiger partial charge in [-0.05, 0) is 73.7 Å². The van der Waals surface area contributed by atoms with Crippen molar-refractivity contribution in [3.05, 3.63) is 116 Å². The predicted octanol–water partition coefficient (Wildman–Crippen LogP) is 6.43. The SMILES string of the molecule is CCCCc1nc(C)n(-c2ccc(OC3CCOC(C)C3)cc2)c(=O)c1Cc1ccc(-c2ccccc2)c(-c2noc(=O)[nH]2)c1. The fourth-order valence-electron chi connectivity index (χ4n) is 6.00. The van der Waals surface area contributed by atoms with E-state index in [2.05, 4.69) is 24.0 Å². The van der Waals surface area contributed by atoms with Crippen LogP contribution in [0.1, 0.15) is 62.2 Å². The molecule has 0 aliphatic carbocycles.